The molecule has 0 amide bonds. The second-order valence-corrected chi connectivity index (χ2v) is 2.93. The van der Waals surface area contributed by atoms with Gasteiger partial charge < -0.3 is 14.6 Å². The largest absolute Gasteiger partial charge is 0.506 e. The van der Waals surface area contributed by atoms with Crippen LogP contribution in [0, 0.1) is 0 Å². The summed E-state index contributed by atoms with van der Waals surface area (Å²) < 4.78 is 9.24. The molecule has 0 fully saturated rings. The average molecular weight is 224 g/mol. The average Bonchev–Trinajstić information content (AvgIpc) is 2.27. The summed E-state index contributed by atoms with van der Waals surface area (Å²) in [5.41, 5.74) is 0.814. The number of carbonyl (C=O) groups excluding carboxylic acids is 1. The van der Waals surface area contributed by atoms with Crippen LogP contribution in [0.3, 0.4) is 0 Å². The Balaban J connectivity index is 2.82. The van der Waals surface area contributed by atoms with Gasteiger partial charge in [-0.3, -0.25) is 0 Å². The van der Waals surface area contributed by atoms with E-state index in [1.165, 1.54) is 0 Å². The first-order valence-electron chi connectivity index (χ1n) is 4.76. The molecule has 0 aromatic heterocycles. The van der Waals surface area contributed by atoms with Gasteiger partial charge in [-0.05, 0) is 13.0 Å². The lowest BCUT2D eigenvalue weighted by Gasteiger charge is -2.07. The first-order chi connectivity index (χ1) is 7.65. The zero-order chi connectivity index (χ0) is 12.0. The quantitative estimate of drug-likeness (QED) is 0.792. The molecule has 0 unspecified atom stereocenters. The summed E-state index contributed by atoms with van der Waals surface area (Å²) in [7, 11) is 0. The molecule has 0 saturated carbocycles. The number of carboxylic acid groups (broad SMARTS) is 1. The molecule has 0 aliphatic carbocycles. The van der Waals surface area contributed by atoms with Crippen molar-refractivity contribution in [1.82, 2.24) is 0 Å². The van der Waals surface area contributed by atoms with Gasteiger partial charge in [-0.25, -0.2) is 9.59 Å². The van der Waals surface area contributed by atoms with Crippen LogP contribution in [0.25, 0.3) is 0 Å². The van der Waals surface area contributed by atoms with Gasteiger partial charge in [0.2, 0.25) is 0 Å². The molecule has 0 heterocycles. The lowest BCUT2D eigenvalue weighted by atomic mass is 10.1. The van der Waals surface area contributed by atoms with E-state index in [9.17, 15) is 9.59 Å². The van der Waals surface area contributed by atoms with Crippen molar-refractivity contribution in [2.24, 2.45) is 0 Å². The Kier molecular flexibility index (Phi) is 4.32. The molecule has 16 heavy (non-hydrogen) atoms. The number of ether oxygens (including phenoxy) is 2. The van der Waals surface area contributed by atoms with Crippen LogP contribution in [0.15, 0.2) is 24.3 Å². The topological polar surface area (TPSA) is 72.8 Å². The van der Waals surface area contributed by atoms with Crippen LogP contribution < -0.4 is 0 Å². The van der Waals surface area contributed by atoms with Crippen LogP contribution in [0.5, 0.6) is 0 Å². The molecule has 0 aliphatic rings. The summed E-state index contributed by atoms with van der Waals surface area (Å²) in [5, 5.41) is 8.37. The molecular weight excluding hydrogens is 212 g/mol. The molecule has 0 atom stereocenters. The van der Waals surface area contributed by atoms with Crippen LogP contribution in [0.1, 0.15) is 22.8 Å². The highest BCUT2D eigenvalue weighted by atomic mass is 16.7. The Morgan fingerprint density at radius 3 is 2.56 bits per heavy atom. The predicted octanol–water partition coefficient (Wildman–Crippen LogP) is 2.06. The van der Waals surface area contributed by atoms with Gasteiger partial charge in [0.1, 0.15) is 6.61 Å². The molecule has 0 bridgehead atoms. The van der Waals surface area contributed by atoms with Gasteiger partial charge in [-0.1, -0.05) is 18.2 Å². The Morgan fingerprint density at radius 1 is 1.25 bits per heavy atom. The van der Waals surface area contributed by atoms with Crippen LogP contribution in [-0.4, -0.2) is 23.8 Å². The lowest BCUT2D eigenvalue weighted by molar-refractivity contribution is 0.0515. The molecule has 5 heteroatoms. The highest BCUT2D eigenvalue weighted by Gasteiger charge is 2.12. The van der Waals surface area contributed by atoms with Crippen molar-refractivity contribution < 1.29 is 24.2 Å². The van der Waals surface area contributed by atoms with Crippen molar-refractivity contribution in [3.63, 3.8) is 0 Å². The minimum atomic E-state index is -1.38. The standard InChI is InChI=1S/C11H12O5/c1-2-15-10(12)9-6-4-3-5-8(9)7-16-11(13)14/h3-6H,2,7H2,1H3,(H,13,14). The minimum Gasteiger partial charge on any atom is -0.462 e. The van der Waals surface area contributed by atoms with Gasteiger partial charge in [-0.15, -0.1) is 0 Å². The van der Waals surface area contributed by atoms with Crippen LogP contribution in [0.2, 0.25) is 0 Å². The third-order valence-electron chi connectivity index (χ3n) is 1.86. The normalized spacial score (nSPS) is 9.56. The van der Waals surface area contributed by atoms with Crippen LogP contribution in [0.4, 0.5) is 4.79 Å². The van der Waals surface area contributed by atoms with E-state index < -0.39 is 12.1 Å². The van der Waals surface area contributed by atoms with Gasteiger partial charge in [0.05, 0.1) is 12.2 Å². The smallest absolute Gasteiger partial charge is 0.462 e. The molecule has 1 aromatic carbocycles. The first-order valence-corrected chi connectivity index (χ1v) is 4.76. The number of benzene rings is 1. The van der Waals surface area contributed by atoms with E-state index in [2.05, 4.69) is 4.74 Å². The zero-order valence-corrected chi connectivity index (χ0v) is 8.80. The number of rotatable bonds is 4. The van der Waals surface area contributed by atoms with Crippen molar-refractivity contribution in [3.8, 4) is 0 Å². The number of carbonyl (C=O) groups is 2. The van der Waals surface area contributed by atoms with E-state index >= 15 is 0 Å². The number of hydrogen-bond acceptors (Lipinski definition) is 4. The van der Waals surface area contributed by atoms with Crippen molar-refractivity contribution in [2.45, 2.75) is 13.5 Å². The van der Waals surface area contributed by atoms with Crippen molar-refractivity contribution in [3.05, 3.63) is 35.4 Å². The summed E-state index contributed by atoms with van der Waals surface area (Å²) in [6.07, 6.45) is -1.38. The Labute approximate surface area is 92.6 Å². The summed E-state index contributed by atoms with van der Waals surface area (Å²) in [6.45, 7) is 1.81. The maximum absolute atomic E-state index is 11.5. The summed E-state index contributed by atoms with van der Waals surface area (Å²) in [4.78, 5) is 21.7. The number of esters is 1. The predicted molar refractivity (Wildman–Crippen MR) is 55.2 cm³/mol. The monoisotopic (exact) mass is 224 g/mol. The van der Waals surface area contributed by atoms with E-state index in [-0.39, 0.29) is 13.2 Å². The zero-order valence-electron chi connectivity index (χ0n) is 8.80. The fourth-order valence-corrected chi connectivity index (χ4v) is 1.19. The lowest BCUT2D eigenvalue weighted by Crippen LogP contribution is -2.10. The Hall–Kier alpha value is -2.04. The fraction of sp³-hybridized carbons (Fsp3) is 0.273. The number of hydrogen-bond donors (Lipinski definition) is 1. The molecule has 0 radical (unpaired) electrons. The van der Waals surface area contributed by atoms with E-state index in [1.807, 2.05) is 0 Å². The molecular formula is C11H12O5. The molecule has 1 N–H and O–H groups in total. The highest BCUT2D eigenvalue weighted by Crippen LogP contribution is 2.11. The second-order valence-electron chi connectivity index (χ2n) is 2.93. The maximum atomic E-state index is 11.5. The SMILES string of the molecule is CCOC(=O)c1ccccc1COC(=O)O. The van der Waals surface area contributed by atoms with Crippen molar-refractivity contribution >= 4 is 12.1 Å². The van der Waals surface area contributed by atoms with Gasteiger partial charge >= 0.3 is 12.1 Å². The molecule has 0 spiro atoms. The Morgan fingerprint density at radius 2 is 1.94 bits per heavy atom. The fourth-order valence-electron chi connectivity index (χ4n) is 1.19. The van der Waals surface area contributed by atoms with Crippen molar-refractivity contribution in [2.75, 3.05) is 6.61 Å². The van der Waals surface area contributed by atoms with E-state index in [0.717, 1.165) is 0 Å². The molecule has 5 nitrogen and oxygen atoms in total. The molecule has 1 aromatic rings. The summed E-state index contributed by atoms with van der Waals surface area (Å²) in [5.74, 6) is -0.480. The second kappa shape index (κ2) is 5.75. The summed E-state index contributed by atoms with van der Waals surface area (Å²) >= 11 is 0. The molecule has 0 aliphatic heterocycles. The minimum absolute atomic E-state index is 0.162. The Bertz CT molecular complexity index is 386. The van der Waals surface area contributed by atoms with Crippen molar-refractivity contribution in [1.29, 1.82) is 0 Å². The van der Waals surface area contributed by atoms with E-state index in [4.69, 9.17) is 9.84 Å². The van der Waals surface area contributed by atoms with Gasteiger partial charge in [-0.2, -0.15) is 0 Å². The van der Waals surface area contributed by atoms with Crippen LogP contribution in [-0.2, 0) is 16.1 Å². The van der Waals surface area contributed by atoms with E-state index in [1.54, 1.807) is 31.2 Å². The third kappa shape index (κ3) is 3.27. The molecule has 0 saturated heterocycles. The van der Waals surface area contributed by atoms with E-state index in [0.29, 0.717) is 11.1 Å². The molecule has 86 valence electrons. The third-order valence-corrected chi connectivity index (χ3v) is 1.86. The van der Waals surface area contributed by atoms with Gasteiger partial charge in [0.25, 0.3) is 0 Å². The maximum Gasteiger partial charge on any atom is 0.506 e. The first kappa shape index (κ1) is 12.0. The van der Waals surface area contributed by atoms with Crippen LogP contribution >= 0.6 is 0 Å². The summed E-state index contributed by atoms with van der Waals surface area (Å²) in [6, 6.07) is 6.56. The molecule has 1 rings (SSSR count). The van der Waals surface area contributed by atoms with Gasteiger partial charge in [0, 0.05) is 5.56 Å². The van der Waals surface area contributed by atoms with Gasteiger partial charge in [0.15, 0.2) is 0 Å². The highest BCUT2D eigenvalue weighted by molar-refractivity contribution is 5.91.